The third kappa shape index (κ3) is 2.97. The van der Waals surface area contributed by atoms with Crippen LogP contribution in [0.3, 0.4) is 0 Å². The Balaban J connectivity index is 1.44. The topological polar surface area (TPSA) is 56.2 Å². The van der Waals surface area contributed by atoms with Crippen molar-refractivity contribution >= 4 is 16.9 Å². The van der Waals surface area contributed by atoms with Gasteiger partial charge in [0.15, 0.2) is 0 Å². The number of amides is 1. The molecule has 5 nitrogen and oxygen atoms in total. The highest BCUT2D eigenvalue weighted by atomic mass is 16.5. The number of nitrogens with zero attached hydrogens (tertiary/aromatic N) is 2. The Morgan fingerprint density at radius 2 is 2.04 bits per heavy atom. The van der Waals surface area contributed by atoms with Crippen LogP contribution in [0.25, 0.3) is 11.0 Å². The first kappa shape index (κ1) is 15.7. The maximum Gasteiger partial charge on any atom is 0.227 e. The third-order valence-corrected chi connectivity index (χ3v) is 4.76. The van der Waals surface area contributed by atoms with Crippen LogP contribution < -0.4 is 10.1 Å². The van der Waals surface area contributed by atoms with Gasteiger partial charge in [0.2, 0.25) is 5.91 Å². The lowest BCUT2D eigenvalue weighted by atomic mass is 9.92. The summed E-state index contributed by atoms with van der Waals surface area (Å²) in [6, 6.07) is 15.9. The summed E-state index contributed by atoms with van der Waals surface area (Å²) in [7, 11) is 0. The van der Waals surface area contributed by atoms with Gasteiger partial charge >= 0.3 is 0 Å². The van der Waals surface area contributed by atoms with Crippen LogP contribution in [-0.4, -0.2) is 28.6 Å². The number of carbonyl (C=O) groups is 1. The smallest absolute Gasteiger partial charge is 0.227 e. The molecule has 0 saturated carbocycles. The maximum atomic E-state index is 12.6. The molecule has 1 unspecified atom stereocenters. The number of aryl methyl sites for hydroxylation is 1. The largest absolute Gasteiger partial charge is 0.493 e. The molecule has 0 aliphatic carbocycles. The van der Waals surface area contributed by atoms with E-state index in [-0.39, 0.29) is 11.8 Å². The van der Waals surface area contributed by atoms with Gasteiger partial charge in [0, 0.05) is 18.7 Å². The maximum absolute atomic E-state index is 12.6. The van der Waals surface area contributed by atoms with E-state index < -0.39 is 0 Å². The summed E-state index contributed by atoms with van der Waals surface area (Å²) in [6.45, 7) is 3.87. The number of benzene rings is 2. The summed E-state index contributed by atoms with van der Waals surface area (Å²) in [5, 5.41) is 3.08. The van der Waals surface area contributed by atoms with Crippen molar-refractivity contribution in [2.24, 2.45) is 0 Å². The van der Waals surface area contributed by atoms with Gasteiger partial charge in [-0.05, 0) is 31.5 Å². The van der Waals surface area contributed by atoms with E-state index in [1.807, 2.05) is 49.4 Å². The standard InChI is InChI=1S/C20H21N3O2/c1-14-22-17-7-3-4-8-18(17)23(14)12-11-21-20(24)16-10-13-25-19-9-5-2-6-15(16)19/h2-9,16H,10-13H2,1H3,(H,21,24). The lowest BCUT2D eigenvalue weighted by Gasteiger charge is -2.25. The molecule has 0 fully saturated rings. The molecule has 1 atom stereocenters. The molecule has 128 valence electrons. The first-order valence-electron chi connectivity index (χ1n) is 8.65. The number of nitrogens with one attached hydrogen (secondary N) is 1. The van der Waals surface area contributed by atoms with Gasteiger partial charge in [0.1, 0.15) is 11.6 Å². The molecule has 25 heavy (non-hydrogen) atoms. The predicted octanol–water partition coefficient (Wildman–Crippen LogP) is 3.03. The van der Waals surface area contributed by atoms with Crippen molar-refractivity contribution in [1.82, 2.24) is 14.9 Å². The van der Waals surface area contributed by atoms with E-state index in [0.29, 0.717) is 19.7 Å². The van der Waals surface area contributed by atoms with Crippen molar-refractivity contribution in [3.8, 4) is 5.75 Å². The Morgan fingerprint density at radius 3 is 2.96 bits per heavy atom. The van der Waals surface area contributed by atoms with E-state index in [4.69, 9.17) is 4.74 Å². The number of para-hydroxylation sites is 3. The summed E-state index contributed by atoms with van der Waals surface area (Å²) in [5.74, 6) is 1.72. The highest BCUT2D eigenvalue weighted by Crippen LogP contribution is 2.33. The summed E-state index contributed by atoms with van der Waals surface area (Å²) in [6.07, 6.45) is 0.718. The van der Waals surface area contributed by atoms with Gasteiger partial charge in [0.05, 0.1) is 23.6 Å². The van der Waals surface area contributed by atoms with E-state index in [2.05, 4.69) is 20.9 Å². The molecular formula is C20H21N3O2. The molecule has 0 saturated heterocycles. The lowest BCUT2D eigenvalue weighted by molar-refractivity contribution is -0.123. The zero-order valence-electron chi connectivity index (χ0n) is 14.2. The van der Waals surface area contributed by atoms with Gasteiger partial charge in [-0.15, -0.1) is 0 Å². The van der Waals surface area contributed by atoms with Gasteiger partial charge in [-0.2, -0.15) is 0 Å². The van der Waals surface area contributed by atoms with Crippen molar-refractivity contribution in [3.63, 3.8) is 0 Å². The zero-order chi connectivity index (χ0) is 17.2. The Morgan fingerprint density at radius 1 is 1.24 bits per heavy atom. The summed E-state index contributed by atoms with van der Waals surface area (Å²) in [5.41, 5.74) is 3.07. The number of hydrogen-bond donors (Lipinski definition) is 1. The highest BCUT2D eigenvalue weighted by Gasteiger charge is 2.27. The first-order chi connectivity index (χ1) is 12.2. The molecule has 0 spiro atoms. The van der Waals surface area contributed by atoms with Crippen molar-refractivity contribution in [3.05, 3.63) is 59.9 Å². The molecule has 4 rings (SSSR count). The SMILES string of the molecule is Cc1nc2ccccc2n1CCNC(=O)C1CCOc2ccccc21. The van der Waals surface area contributed by atoms with Gasteiger partial charge in [-0.3, -0.25) is 4.79 Å². The zero-order valence-corrected chi connectivity index (χ0v) is 14.2. The lowest BCUT2D eigenvalue weighted by Crippen LogP contribution is -2.34. The number of imidazole rings is 1. The Labute approximate surface area is 146 Å². The number of fused-ring (bicyclic) bond motifs is 2. The Bertz CT molecular complexity index is 916. The fourth-order valence-corrected chi connectivity index (χ4v) is 3.51. The summed E-state index contributed by atoms with van der Waals surface area (Å²) < 4.78 is 7.79. The van der Waals surface area contributed by atoms with Gasteiger partial charge < -0.3 is 14.6 Å². The van der Waals surface area contributed by atoms with Crippen LogP contribution in [-0.2, 0) is 11.3 Å². The molecule has 3 aromatic rings. The number of ether oxygens (including phenoxy) is 1. The van der Waals surface area contributed by atoms with Crippen LogP contribution in [0.1, 0.15) is 23.7 Å². The van der Waals surface area contributed by atoms with E-state index in [1.54, 1.807) is 0 Å². The Kier molecular flexibility index (Phi) is 4.14. The number of rotatable bonds is 4. The number of carbonyl (C=O) groups excluding carboxylic acids is 1. The Hall–Kier alpha value is -2.82. The molecule has 1 aliphatic rings. The molecular weight excluding hydrogens is 314 g/mol. The van der Waals surface area contributed by atoms with Crippen LogP contribution >= 0.6 is 0 Å². The monoisotopic (exact) mass is 335 g/mol. The minimum Gasteiger partial charge on any atom is -0.493 e. The van der Waals surface area contributed by atoms with Crippen LogP contribution in [0.15, 0.2) is 48.5 Å². The third-order valence-electron chi connectivity index (χ3n) is 4.76. The second-order valence-electron chi connectivity index (χ2n) is 6.32. The molecule has 2 heterocycles. The van der Waals surface area contributed by atoms with Gasteiger partial charge in [0.25, 0.3) is 0 Å². The fraction of sp³-hybridized carbons (Fsp3) is 0.300. The second-order valence-corrected chi connectivity index (χ2v) is 6.32. The highest BCUT2D eigenvalue weighted by molar-refractivity contribution is 5.84. The normalized spacial score (nSPS) is 16.3. The number of hydrogen-bond acceptors (Lipinski definition) is 3. The minimum atomic E-state index is -0.134. The van der Waals surface area contributed by atoms with E-state index in [0.717, 1.165) is 34.6 Å². The molecule has 1 amide bonds. The average molecular weight is 335 g/mol. The fourth-order valence-electron chi connectivity index (χ4n) is 3.51. The van der Waals surface area contributed by atoms with Gasteiger partial charge in [-0.25, -0.2) is 4.98 Å². The van der Waals surface area contributed by atoms with Crippen molar-refractivity contribution in [1.29, 1.82) is 0 Å². The van der Waals surface area contributed by atoms with Crippen LogP contribution in [0.4, 0.5) is 0 Å². The molecule has 1 aliphatic heterocycles. The van der Waals surface area contributed by atoms with E-state index in [1.165, 1.54) is 0 Å². The molecule has 0 radical (unpaired) electrons. The van der Waals surface area contributed by atoms with Crippen molar-refractivity contribution in [2.45, 2.75) is 25.8 Å². The summed E-state index contributed by atoms with van der Waals surface area (Å²) in [4.78, 5) is 17.2. The molecule has 5 heteroatoms. The number of aromatic nitrogens is 2. The second kappa shape index (κ2) is 6.59. The molecule has 0 bridgehead atoms. The quantitative estimate of drug-likeness (QED) is 0.797. The first-order valence-corrected chi connectivity index (χ1v) is 8.65. The average Bonchev–Trinajstić information content (AvgIpc) is 2.96. The van der Waals surface area contributed by atoms with Crippen LogP contribution in [0, 0.1) is 6.92 Å². The van der Waals surface area contributed by atoms with Crippen molar-refractivity contribution < 1.29 is 9.53 Å². The van der Waals surface area contributed by atoms with Crippen molar-refractivity contribution in [2.75, 3.05) is 13.2 Å². The molecule has 2 aromatic carbocycles. The van der Waals surface area contributed by atoms with E-state index in [9.17, 15) is 4.79 Å². The summed E-state index contributed by atoms with van der Waals surface area (Å²) >= 11 is 0. The van der Waals surface area contributed by atoms with Crippen LogP contribution in [0.2, 0.25) is 0 Å². The van der Waals surface area contributed by atoms with E-state index >= 15 is 0 Å². The minimum absolute atomic E-state index is 0.0674. The van der Waals surface area contributed by atoms with Crippen LogP contribution in [0.5, 0.6) is 5.75 Å². The van der Waals surface area contributed by atoms with Gasteiger partial charge in [-0.1, -0.05) is 30.3 Å². The molecule has 1 aromatic heterocycles. The molecule has 1 N–H and O–H groups in total. The predicted molar refractivity (Wildman–Crippen MR) is 96.8 cm³/mol.